The Bertz CT molecular complexity index is 661. The van der Waals surface area contributed by atoms with Crippen molar-refractivity contribution in [2.45, 2.75) is 32.4 Å². The molecule has 7 heteroatoms. The molecule has 2 heterocycles. The largest absolute Gasteiger partial charge is 0.493 e. The zero-order chi connectivity index (χ0) is 16.9. The number of hydrogen-bond acceptors (Lipinski definition) is 6. The molecule has 1 saturated heterocycles. The number of methoxy groups -OCH3 is 1. The summed E-state index contributed by atoms with van der Waals surface area (Å²) in [4.78, 5) is 4.39. The fourth-order valence-electron chi connectivity index (χ4n) is 2.64. The molecule has 1 N–H and O–H groups in total. The van der Waals surface area contributed by atoms with Gasteiger partial charge in [0, 0.05) is 25.4 Å². The maximum Gasteiger partial charge on any atom is 0.169 e. The van der Waals surface area contributed by atoms with Crippen LogP contribution in [-0.4, -0.2) is 41.2 Å². The van der Waals surface area contributed by atoms with Gasteiger partial charge in [-0.25, -0.2) is 4.98 Å². The fourth-order valence-corrected chi connectivity index (χ4v) is 2.64. The van der Waals surface area contributed by atoms with Gasteiger partial charge in [-0.2, -0.15) is 5.10 Å². The third-order valence-corrected chi connectivity index (χ3v) is 4.09. The van der Waals surface area contributed by atoms with E-state index in [2.05, 4.69) is 15.4 Å². The molecule has 1 atom stereocenters. The van der Waals surface area contributed by atoms with E-state index in [4.69, 9.17) is 14.2 Å². The smallest absolute Gasteiger partial charge is 0.169 e. The van der Waals surface area contributed by atoms with E-state index >= 15 is 0 Å². The first-order chi connectivity index (χ1) is 11.7. The highest BCUT2D eigenvalue weighted by Crippen LogP contribution is 2.31. The van der Waals surface area contributed by atoms with Crippen molar-refractivity contribution < 1.29 is 14.2 Å². The molecule has 7 nitrogen and oxygen atoms in total. The van der Waals surface area contributed by atoms with E-state index in [1.807, 2.05) is 32.2 Å². The highest BCUT2D eigenvalue weighted by molar-refractivity contribution is 5.54. The predicted molar refractivity (Wildman–Crippen MR) is 90.5 cm³/mol. The van der Waals surface area contributed by atoms with Crippen LogP contribution < -0.4 is 14.8 Å². The fraction of sp³-hybridized carbons (Fsp3) is 0.529. The van der Waals surface area contributed by atoms with Gasteiger partial charge in [-0.3, -0.25) is 4.68 Å². The Kier molecular flexibility index (Phi) is 5.20. The van der Waals surface area contributed by atoms with E-state index in [1.165, 1.54) is 0 Å². The van der Waals surface area contributed by atoms with Crippen molar-refractivity contribution in [3.8, 4) is 11.5 Å². The lowest BCUT2D eigenvalue weighted by Crippen LogP contribution is -2.16. The molecule has 1 aliphatic heterocycles. The molecule has 2 aromatic rings. The van der Waals surface area contributed by atoms with Crippen molar-refractivity contribution in [2.75, 3.05) is 25.6 Å². The molecule has 130 valence electrons. The van der Waals surface area contributed by atoms with Gasteiger partial charge in [0.25, 0.3) is 0 Å². The second-order valence-electron chi connectivity index (χ2n) is 5.86. The van der Waals surface area contributed by atoms with Crippen LogP contribution in [-0.2, 0) is 18.3 Å². The second-order valence-corrected chi connectivity index (χ2v) is 5.86. The van der Waals surface area contributed by atoms with Gasteiger partial charge in [-0.1, -0.05) is 0 Å². The number of nitrogens with one attached hydrogen (secondary N) is 1. The lowest BCUT2D eigenvalue weighted by atomic mass is 10.2. The molecule has 1 fully saturated rings. The maximum atomic E-state index is 5.90. The van der Waals surface area contributed by atoms with Crippen molar-refractivity contribution in [3.05, 3.63) is 29.8 Å². The van der Waals surface area contributed by atoms with E-state index in [1.54, 1.807) is 11.8 Å². The third kappa shape index (κ3) is 3.97. The average Bonchev–Trinajstić information content (AvgIpc) is 3.21. The van der Waals surface area contributed by atoms with Crippen molar-refractivity contribution >= 4 is 5.69 Å². The second kappa shape index (κ2) is 7.53. The van der Waals surface area contributed by atoms with Gasteiger partial charge >= 0.3 is 0 Å². The van der Waals surface area contributed by atoms with Crippen molar-refractivity contribution in [1.29, 1.82) is 0 Å². The SMILES string of the molecule is COc1ccc(NCc2nc(C)n(C)n2)cc1OCC1CCCO1. The predicted octanol–water partition coefficient (Wildman–Crippen LogP) is 2.30. The van der Waals surface area contributed by atoms with Crippen LogP contribution in [0, 0.1) is 6.92 Å². The molecule has 3 rings (SSSR count). The summed E-state index contributed by atoms with van der Waals surface area (Å²) in [6.07, 6.45) is 2.32. The van der Waals surface area contributed by atoms with Gasteiger partial charge in [-0.15, -0.1) is 0 Å². The molecule has 0 radical (unpaired) electrons. The van der Waals surface area contributed by atoms with E-state index in [0.717, 1.165) is 36.8 Å². The van der Waals surface area contributed by atoms with Gasteiger partial charge in [-0.05, 0) is 31.9 Å². The van der Waals surface area contributed by atoms with Crippen LogP contribution in [0.25, 0.3) is 0 Å². The first-order valence-electron chi connectivity index (χ1n) is 8.18. The first kappa shape index (κ1) is 16.6. The van der Waals surface area contributed by atoms with Crippen LogP contribution >= 0.6 is 0 Å². The molecule has 0 aliphatic carbocycles. The number of ether oxygens (including phenoxy) is 3. The minimum absolute atomic E-state index is 0.173. The number of hydrogen-bond donors (Lipinski definition) is 1. The summed E-state index contributed by atoms with van der Waals surface area (Å²) in [5, 5.41) is 7.66. The molecule has 0 bridgehead atoms. The van der Waals surface area contributed by atoms with Crippen LogP contribution in [0.1, 0.15) is 24.5 Å². The normalized spacial score (nSPS) is 17.0. The zero-order valence-electron chi connectivity index (χ0n) is 14.4. The number of rotatable bonds is 7. The molecule has 1 aliphatic rings. The number of aryl methyl sites for hydroxylation is 2. The number of aromatic nitrogens is 3. The summed E-state index contributed by atoms with van der Waals surface area (Å²) >= 11 is 0. The highest BCUT2D eigenvalue weighted by atomic mass is 16.5. The average molecular weight is 332 g/mol. The minimum Gasteiger partial charge on any atom is -0.493 e. The molecular formula is C17H24N4O3. The zero-order valence-corrected chi connectivity index (χ0v) is 14.4. The van der Waals surface area contributed by atoms with Crippen molar-refractivity contribution in [2.24, 2.45) is 7.05 Å². The summed E-state index contributed by atoms with van der Waals surface area (Å²) in [5.41, 5.74) is 0.934. The molecule has 0 spiro atoms. The van der Waals surface area contributed by atoms with Crippen LogP contribution in [0.3, 0.4) is 0 Å². The maximum absolute atomic E-state index is 5.90. The van der Waals surface area contributed by atoms with Gasteiger partial charge in [0.1, 0.15) is 12.4 Å². The quantitative estimate of drug-likeness (QED) is 0.839. The molecule has 1 unspecified atom stereocenters. The van der Waals surface area contributed by atoms with Crippen LogP contribution in [0.15, 0.2) is 18.2 Å². The Morgan fingerprint density at radius 2 is 2.25 bits per heavy atom. The van der Waals surface area contributed by atoms with Crippen molar-refractivity contribution in [3.63, 3.8) is 0 Å². The van der Waals surface area contributed by atoms with E-state index in [0.29, 0.717) is 24.7 Å². The molecule has 1 aromatic heterocycles. The monoisotopic (exact) mass is 332 g/mol. The number of anilines is 1. The first-order valence-corrected chi connectivity index (χ1v) is 8.18. The Morgan fingerprint density at radius 1 is 1.38 bits per heavy atom. The van der Waals surface area contributed by atoms with Gasteiger partial charge < -0.3 is 19.5 Å². The summed E-state index contributed by atoms with van der Waals surface area (Å²) in [6, 6.07) is 5.78. The highest BCUT2D eigenvalue weighted by Gasteiger charge is 2.17. The summed E-state index contributed by atoms with van der Waals surface area (Å²) in [6.45, 7) is 3.85. The molecule has 0 saturated carbocycles. The number of nitrogens with zero attached hydrogens (tertiary/aromatic N) is 3. The Balaban J connectivity index is 1.63. The lowest BCUT2D eigenvalue weighted by Gasteiger charge is -2.15. The number of benzene rings is 1. The summed E-state index contributed by atoms with van der Waals surface area (Å²) < 4.78 is 18.6. The van der Waals surface area contributed by atoms with Crippen LogP contribution in [0.5, 0.6) is 11.5 Å². The third-order valence-electron chi connectivity index (χ3n) is 4.09. The van der Waals surface area contributed by atoms with Crippen LogP contribution in [0.4, 0.5) is 5.69 Å². The van der Waals surface area contributed by atoms with Crippen molar-refractivity contribution in [1.82, 2.24) is 14.8 Å². The minimum atomic E-state index is 0.173. The van der Waals surface area contributed by atoms with Gasteiger partial charge in [0.15, 0.2) is 17.3 Å². The standard InChI is InChI=1S/C17H24N4O3/c1-12-19-17(20-21(12)2)10-18-13-6-7-15(22-3)16(9-13)24-11-14-5-4-8-23-14/h6-7,9,14,18H,4-5,8,10-11H2,1-3H3. The topological polar surface area (TPSA) is 70.4 Å². The van der Waals surface area contributed by atoms with Gasteiger partial charge in [0.05, 0.1) is 19.8 Å². The molecule has 24 heavy (non-hydrogen) atoms. The Morgan fingerprint density at radius 3 is 2.92 bits per heavy atom. The summed E-state index contributed by atoms with van der Waals surface area (Å²) in [7, 11) is 3.53. The Hall–Kier alpha value is -2.28. The molecular weight excluding hydrogens is 308 g/mol. The molecule has 0 amide bonds. The lowest BCUT2D eigenvalue weighted by molar-refractivity contribution is 0.0670. The Labute approximate surface area is 141 Å². The van der Waals surface area contributed by atoms with E-state index in [9.17, 15) is 0 Å². The van der Waals surface area contributed by atoms with Crippen LogP contribution in [0.2, 0.25) is 0 Å². The van der Waals surface area contributed by atoms with Gasteiger partial charge in [0.2, 0.25) is 0 Å². The van der Waals surface area contributed by atoms with E-state index in [-0.39, 0.29) is 6.10 Å². The van der Waals surface area contributed by atoms with E-state index < -0.39 is 0 Å². The molecule has 1 aromatic carbocycles. The summed E-state index contributed by atoms with van der Waals surface area (Å²) in [5.74, 6) is 3.07.